The topological polar surface area (TPSA) is 513 Å². The number of nitrogens with one attached hydrogen (secondary N) is 5. The molecule has 0 unspecified atom stereocenters. The number of nitrogens with two attached hydrogens (primary N) is 2. The number of hydrogen-bond donors (Lipinski definition) is 8. The van der Waals surface area contributed by atoms with Crippen LogP contribution in [0.2, 0.25) is 5.15 Å². The first kappa shape index (κ1) is 96.9. The van der Waals surface area contributed by atoms with Crippen LogP contribution in [0.15, 0.2) is 195 Å². The molecule has 2 fully saturated rings. The number of aromatic carboxylic acids is 1. The van der Waals surface area contributed by atoms with Crippen LogP contribution in [-0.4, -0.2) is 210 Å². The number of imidazole rings is 4. The number of hydrogen-bond acceptors (Lipinski definition) is 36. The van der Waals surface area contributed by atoms with Crippen LogP contribution in [0, 0.1) is 22.7 Å². The van der Waals surface area contributed by atoms with E-state index in [2.05, 4.69) is 92.9 Å². The predicted octanol–water partition coefficient (Wildman–Crippen LogP) is 12.5. The highest BCUT2D eigenvalue weighted by atomic mass is 35.5. The lowest BCUT2D eigenvalue weighted by Crippen LogP contribution is -2.36. The fourth-order valence-electron chi connectivity index (χ4n) is 13.1. The van der Waals surface area contributed by atoms with Crippen LogP contribution in [0.3, 0.4) is 0 Å². The maximum Gasteiger partial charge on any atom is 0.358 e. The first-order valence-electron chi connectivity index (χ1n) is 41.7. The van der Waals surface area contributed by atoms with Crippen molar-refractivity contribution < 1.29 is 66.9 Å². The second-order valence-electron chi connectivity index (χ2n) is 29.8. The minimum absolute atomic E-state index is 0.0408. The summed E-state index contributed by atoms with van der Waals surface area (Å²) in [5.41, 5.74) is 20.8. The zero-order valence-corrected chi connectivity index (χ0v) is 76.8. The molecule has 0 atom stereocenters. The minimum Gasteiger partial charge on any atom is -0.497 e. The third-order valence-electron chi connectivity index (χ3n) is 20.4. The molecule has 12 heterocycles. The summed E-state index contributed by atoms with van der Waals surface area (Å²) in [5, 5.41) is 60.2. The number of pyridine rings is 4. The molecule has 0 radical (unpaired) electrons. The van der Waals surface area contributed by atoms with Crippen molar-refractivity contribution in [2.75, 3.05) is 133 Å². The molecule has 0 bridgehead atoms. The molecule has 1 amide bonds. The lowest BCUT2D eigenvalue weighted by molar-refractivity contribution is 0.0507. The largest absolute Gasteiger partial charge is 0.497 e. The Bertz CT molecular complexity index is 6740. The summed E-state index contributed by atoms with van der Waals surface area (Å²) in [7, 11) is 18.6. The minimum atomic E-state index is -1.12. The Hall–Kier alpha value is -17.2. The number of methoxy groups -OCH3 is 7. The second-order valence-corrected chi connectivity index (χ2v) is 30.2. The summed E-state index contributed by atoms with van der Waals surface area (Å²) in [5.74, 6) is 2.97. The number of nitrogens with zero attached hydrogens (tertiary/aromatic N) is 21. The molecule has 12 aromatic heterocycles. The molecule has 0 saturated heterocycles. The molecule has 42 nitrogen and oxygen atoms in total. The van der Waals surface area contributed by atoms with E-state index in [1.807, 2.05) is 139 Å². The number of carboxylic acid groups (broad SMARTS) is 1. The molecular formula is C92H99ClN28O14. The number of ether oxygens (including phenoxy) is 9. The summed E-state index contributed by atoms with van der Waals surface area (Å²) in [6.45, 7) is 5.81. The molecule has 10 N–H and O–H groups in total. The molecule has 17 rings (SSSR count). The molecule has 2 saturated carbocycles. The van der Waals surface area contributed by atoms with Crippen LogP contribution < -0.4 is 85.9 Å². The standard InChI is InChI=1S/C24H26N6O4.C22H22N6O4.C18H19ClN4O3.C18H18N8O2.C6H8N2O.C4H6N2/c1-5-34-24(31)20-14-26-22-19(29(2)15-16-8-10-17(32-3)11-9-16)13-21(28-30(20)22)27-18-7-6-12-25-23(18)33-4;1-27(13-14-6-8-15(31-2)9-7-14)17-11-19(25-16-5-4-10-23-21(16)32-3)26-28-18(22(29)30)12-24-20(17)28;1-4-26-18(24)15-10-20-17-14(9-16(19)21-23(15)17)22(2)11-12-5-7-13(25-3)8-6-12;1-20-12-8-14(23-11-4-3-7-21-17(11)28-2)25-26-13(9-22-15(12)26)16(27)24-18(10-19)5-6-18;1-9-6-5(7)3-2-4-8-6;5-3-4(6)1-2-4/h6-14H,5,15H2,1-4H3,(H,27,28);4-12H,13H2,1-3H3,(H,25,26)(H,29,30);5-10H,4,11H2,1-3H3;3-4,7-9,20H,5-6H2,1-2H3,(H,23,25)(H,24,27);2-4H,7H2,1H3;1-2,6H2. The Kier molecular flexibility index (Phi) is 32.2. The quantitative estimate of drug-likeness (QED) is 0.0194. The Morgan fingerprint density at radius 1 is 0.452 bits per heavy atom. The zero-order valence-electron chi connectivity index (χ0n) is 76.0. The highest BCUT2D eigenvalue weighted by Crippen LogP contribution is 2.37. The van der Waals surface area contributed by atoms with Gasteiger partial charge in [0.25, 0.3) is 5.91 Å². The summed E-state index contributed by atoms with van der Waals surface area (Å²) in [6.07, 6.45) is 15.3. The molecular weight excluding hydrogens is 1760 g/mol. The van der Waals surface area contributed by atoms with E-state index in [1.54, 1.807) is 130 Å². The van der Waals surface area contributed by atoms with E-state index in [1.165, 1.54) is 57.1 Å². The van der Waals surface area contributed by atoms with E-state index in [0.717, 1.165) is 58.2 Å². The number of amides is 1. The molecule has 0 spiro atoms. The van der Waals surface area contributed by atoms with Crippen molar-refractivity contribution in [2.45, 2.75) is 70.2 Å². The number of fused-ring (bicyclic) bond motifs is 4. The summed E-state index contributed by atoms with van der Waals surface area (Å²) >= 11 is 6.17. The number of nitrogen functional groups attached to an aromatic ring is 1. The van der Waals surface area contributed by atoms with Crippen molar-refractivity contribution in [3.8, 4) is 52.9 Å². The lowest BCUT2D eigenvalue weighted by atomic mass is 10.2. The van der Waals surface area contributed by atoms with Crippen molar-refractivity contribution in [1.82, 2.24) is 83.6 Å². The van der Waals surface area contributed by atoms with E-state index in [4.69, 9.17) is 71.0 Å². The van der Waals surface area contributed by atoms with Gasteiger partial charge in [-0.15, -0.1) is 15.3 Å². The first-order chi connectivity index (χ1) is 65.3. The number of carbonyl (C=O) groups excluding carboxylic acids is 3. The van der Waals surface area contributed by atoms with Gasteiger partial charge in [0, 0.05) is 96.9 Å². The number of carboxylic acids is 1. The van der Waals surface area contributed by atoms with Gasteiger partial charge in [-0.1, -0.05) is 48.0 Å². The average molecular weight is 1860 g/mol. The van der Waals surface area contributed by atoms with Gasteiger partial charge in [-0.2, -0.15) is 15.6 Å². The Morgan fingerprint density at radius 3 is 1.15 bits per heavy atom. The van der Waals surface area contributed by atoms with Crippen LogP contribution >= 0.6 is 11.6 Å². The third-order valence-corrected chi connectivity index (χ3v) is 20.6. The fraction of sp³-hybridized carbons (Fsp3) is 0.261. The Labute approximate surface area is 779 Å². The number of rotatable bonds is 30. The zero-order chi connectivity index (χ0) is 96.5. The number of benzene rings is 3. The molecule has 15 aromatic rings. The maximum atomic E-state index is 12.7. The third kappa shape index (κ3) is 24.3. The van der Waals surface area contributed by atoms with Gasteiger partial charge in [-0.25, -0.2) is 72.3 Å². The smallest absolute Gasteiger partial charge is 0.358 e. The molecule has 3 aromatic carbocycles. The van der Waals surface area contributed by atoms with Crippen molar-refractivity contribution in [2.24, 2.45) is 5.73 Å². The average Bonchev–Trinajstić information content (AvgIpc) is 1.65. The van der Waals surface area contributed by atoms with Gasteiger partial charge in [-0.3, -0.25) is 4.79 Å². The summed E-state index contributed by atoms with van der Waals surface area (Å²) in [6, 6.07) is 49.0. The van der Waals surface area contributed by atoms with Crippen LogP contribution in [0.1, 0.15) is 98.2 Å². The van der Waals surface area contributed by atoms with Gasteiger partial charge in [-0.05, 0) is 141 Å². The van der Waals surface area contributed by atoms with Gasteiger partial charge in [0.1, 0.15) is 45.4 Å². The lowest BCUT2D eigenvalue weighted by Gasteiger charge is -2.21. The number of nitriles is 2. The van der Waals surface area contributed by atoms with E-state index >= 15 is 0 Å². The number of esters is 2. The van der Waals surface area contributed by atoms with Gasteiger partial charge in [0.2, 0.25) is 23.5 Å². The summed E-state index contributed by atoms with van der Waals surface area (Å²) < 4.78 is 52.2. The number of carbonyl (C=O) groups is 4. The SMILES string of the molecule is CCOC(=O)c1cnc2c(N(C)Cc3ccc(OC)cc3)cc(Cl)nn12.CCOC(=O)c1cnc2c(N(C)Cc3ccc(OC)cc3)cc(Nc3cccnc3OC)nn12.CNc1cc(Nc2cccnc2OC)nn2c(C(=O)NC3(C#N)CC3)cnc12.COc1ccc(CN(C)c2cc(Nc3cccnc3OC)nn3c(C(=O)O)cnc23)cc1.COc1ncccc1N.N#CC1(N)CC1. The van der Waals surface area contributed by atoms with Crippen LogP contribution in [-0.2, 0) is 29.1 Å². The van der Waals surface area contributed by atoms with Crippen molar-refractivity contribution in [1.29, 1.82) is 10.5 Å². The highest BCUT2D eigenvalue weighted by Gasteiger charge is 2.45. The van der Waals surface area contributed by atoms with Crippen LogP contribution in [0.5, 0.6) is 40.8 Å². The van der Waals surface area contributed by atoms with E-state index < -0.39 is 34.9 Å². The van der Waals surface area contributed by atoms with Crippen molar-refractivity contribution >= 4 is 121 Å². The van der Waals surface area contributed by atoms with E-state index in [-0.39, 0.29) is 41.1 Å². The first-order valence-corrected chi connectivity index (χ1v) is 42.1. The molecule has 43 heteroatoms. The normalized spacial score (nSPS) is 12.0. The predicted molar refractivity (Wildman–Crippen MR) is 505 cm³/mol. The Balaban J connectivity index is 0.000000154. The highest BCUT2D eigenvalue weighted by molar-refractivity contribution is 6.29. The van der Waals surface area contributed by atoms with Gasteiger partial charge in [0.15, 0.2) is 68.0 Å². The monoisotopic (exact) mass is 1850 g/mol. The van der Waals surface area contributed by atoms with E-state index in [0.29, 0.717) is 130 Å². The molecule has 135 heavy (non-hydrogen) atoms. The van der Waals surface area contributed by atoms with Crippen molar-refractivity contribution in [3.05, 3.63) is 240 Å². The Morgan fingerprint density at radius 2 is 0.807 bits per heavy atom. The summed E-state index contributed by atoms with van der Waals surface area (Å²) in [4.78, 5) is 88.8. The maximum absolute atomic E-state index is 12.7. The fourth-order valence-corrected chi connectivity index (χ4v) is 13.3. The number of aromatic nitrogens is 16. The van der Waals surface area contributed by atoms with Gasteiger partial charge in [0.05, 0.1) is 128 Å². The van der Waals surface area contributed by atoms with Crippen LogP contribution in [0.4, 0.5) is 63.0 Å². The molecule has 2 aliphatic rings. The van der Waals surface area contributed by atoms with Gasteiger partial charge >= 0.3 is 17.9 Å². The number of halogens is 1. The number of anilines is 11. The van der Waals surface area contributed by atoms with Crippen molar-refractivity contribution in [3.63, 3.8) is 0 Å². The second kappa shape index (κ2) is 44.9. The van der Waals surface area contributed by atoms with E-state index in [9.17, 15) is 29.5 Å². The molecule has 2 aliphatic carbocycles. The van der Waals surface area contributed by atoms with Crippen LogP contribution in [0.25, 0.3) is 22.6 Å². The molecule has 0 aliphatic heterocycles. The van der Waals surface area contributed by atoms with Gasteiger partial charge < -0.3 is 100 Å². The molecule has 698 valence electrons.